The van der Waals surface area contributed by atoms with Crippen molar-refractivity contribution in [2.75, 3.05) is 39.5 Å². The predicted octanol–water partition coefficient (Wildman–Crippen LogP) is 0.959. The lowest BCUT2D eigenvalue weighted by Gasteiger charge is -2.30. The Labute approximate surface area is 143 Å². The van der Waals surface area contributed by atoms with Gasteiger partial charge in [-0.25, -0.2) is 8.42 Å². The Morgan fingerprint density at radius 1 is 1.30 bits per heavy atom. The Kier molecular flexibility index (Phi) is 7.31. The van der Waals surface area contributed by atoms with Crippen LogP contribution in [0.25, 0.3) is 0 Å². The summed E-state index contributed by atoms with van der Waals surface area (Å²) < 4.78 is 28.2. The number of ether oxygens (including phenoxy) is 1. The second kappa shape index (κ2) is 8.52. The lowest BCUT2D eigenvalue weighted by Crippen LogP contribution is -2.51. The SMILES string of the molecule is CN(CCCOc1ccc(S(C)(=O)=O)cc1)C(=O)C1CNC1.Cl. The van der Waals surface area contributed by atoms with E-state index in [4.69, 9.17) is 4.74 Å². The Hall–Kier alpha value is -1.31. The standard InChI is InChI=1S/C15H22N2O4S.ClH/c1-17(15(18)12-10-16-11-12)8-3-9-21-13-4-6-14(7-5-13)22(2,19)20;/h4-7,12,16H,3,8-11H2,1-2H3;1H. The lowest BCUT2D eigenvalue weighted by molar-refractivity contribution is -0.135. The molecule has 0 spiro atoms. The van der Waals surface area contributed by atoms with Crippen LogP contribution in [0.2, 0.25) is 0 Å². The Balaban J connectivity index is 0.00000264. The number of nitrogens with one attached hydrogen (secondary N) is 1. The summed E-state index contributed by atoms with van der Waals surface area (Å²) in [4.78, 5) is 13.9. The maximum Gasteiger partial charge on any atom is 0.227 e. The molecule has 1 amide bonds. The molecule has 1 N–H and O–H groups in total. The zero-order valence-corrected chi connectivity index (χ0v) is 15.0. The molecule has 0 radical (unpaired) electrons. The molecule has 2 rings (SSSR count). The minimum absolute atomic E-state index is 0. The topological polar surface area (TPSA) is 75.7 Å². The van der Waals surface area contributed by atoms with Crippen molar-refractivity contribution < 1.29 is 17.9 Å². The average molecular weight is 363 g/mol. The Morgan fingerprint density at radius 2 is 1.91 bits per heavy atom. The van der Waals surface area contributed by atoms with Gasteiger partial charge in [-0.15, -0.1) is 12.4 Å². The van der Waals surface area contributed by atoms with E-state index in [2.05, 4.69) is 5.32 Å². The van der Waals surface area contributed by atoms with Crippen molar-refractivity contribution in [1.29, 1.82) is 0 Å². The number of hydrogen-bond donors (Lipinski definition) is 1. The van der Waals surface area contributed by atoms with E-state index in [-0.39, 0.29) is 29.1 Å². The van der Waals surface area contributed by atoms with E-state index in [1.54, 1.807) is 17.0 Å². The summed E-state index contributed by atoms with van der Waals surface area (Å²) in [5, 5.41) is 3.09. The summed E-state index contributed by atoms with van der Waals surface area (Å²) in [5.41, 5.74) is 0. The molecule has 0 atom stereocenters. The minimum Gasteiger partial charge on any atom is -0.494 e. The van der Waals surface area contributed by atoms with Crippen LogP contribution in [0.3, 0.4) is 0 Å². The Bertz CT molecular complexity index is 615. The first-order valence-electron chi connectivity index (χ1n) is 7.26. The van der Waals surface area contributed by atoms with Gasteiger partial charge in [-0.3, -0.25) is 4.79 Å². The number of halogens is 1. The number of nitrogens with zero attached hydrogens (tertiary/aromatic N) is 1. The molecular formula is C15H23ClN2O4S. The first-order chi connectivity index (χ1) is 10.4. The van der Waals surface area contributed by atoms with Crippen LogP contribution in [0, 0.1) is 5.92 Å². The third-order valence-electron chi connectivity index (χ3n) is 3.67. The van der Waals surface area contributed by atoms with Crippen LogP contribution in [-0.4, -0.2) is 58.8 Å². The molecule has 0 unspecified atom stereocenters. The zero-order valence-electron chi connectivity index (χ0n) is 13.3. The first kappa shape index (κ1) is 19.7. The highest BCUT2D eigenvalue weighted by molar-refractivity contribution is 7.90. The first-order valence-corrected chi connectivity index (χ1v) is 9.15. The zero-order chi connectivity index (χ0) is 16.2. The van der Waals surface area contributed by atoms with Crippen LogP contribution in [-0.2, 0) is 14.6 Å². The van der Waals surface area contributed by atoms with Crippen molar-refractivity contribution in [3.63, 3.8) is 0 Å². The maximum absolute atomic E-state index is 11.9. The van der Waals surface area contributed by atoms with E-state index in [1.165, 1.54) is 18.4 Å². The predicted molar refractivity (Wildman–Crippen MR) is 90.9 cm³/mol. The number of amides is 1. The van der Waals surface area contributed by atoms with Crippen molar-refractivity contribution in [2.24, 2.45) is 5.92 Å². The van der Waals surface area contributed by atoms with Crippen molar-refractivity contribution >= 4 is 28.2 Å². The van der Waals surface area contributed by atoms with Crippen molar-refractivity contribution in [2.45, 2.75) is 11.3 Å². The largest absolute Gasteiger partial charge is 0.494 e. The number of hydrogen-bond acceptors (Lipinski definition) is 5. The van der Waals surface area contributed by atoms with Crippen LogP contribution in [0.4, 0.5) is 0 Å². The summed E-state index contributed by atoms with van der Waals surface area (Å²) in [6.07, 6.45) is 1.91. The molecule has 0 aliphatic carbocycles. The van der Waals surface area contributed by atoms with Crippen LogP contribution >= 0.6 is 12.4 Å². The second-order valence-electron chi connectivity index (χ2n) is 5.56. The van der Waals surface area contributed by atoms with Gasteiger partial charge in [0.05, 0.1) is 17.4 Å². The quantitative estimate of drug-likeness (QED) is 0.731. The summed E-state index contributed by atoms with van der Waals surface area (Å²) in [5.74, 6) is 0.926. The number of sulfone groups is 1. The smallest absolute Gasteiger partial charge is 0.227 e. The lowest BCUT2D eigenvalue weighted by atomic mass is 10.0. The monoisotopic (exact) mass is 362 g/mol. The molecular weight excluding hydrogens is 340 g/mol. The number of rotatable bonds is 7. The molecule has 1 heterocycles. The van der Waals surface area contributed by atoms with E-state index in [0.29, 0.717) is 18.9 Å². The molecule has 6 nitrogen and oxygen atoms in total. The third-order valence-corrected chi connectivity index (χ3v) is 4.79. The molecule has 130 valence electrons. The van der Waals surface area contributed by atoms with Gasteiger partial charge in [0.1, 0.15) is 5.75 Å². The fraction of sp³-hybridized carbons (Fsp3) is 0.533. The summed E-state index contributed by atoms with van der Waals surface area (Å²) in [7, 11) is -1.37. The number of benzene rings is 1. The summed E-state index contributed by atoms with van der Waals surface area (Å²) in [6.45, 7) is 2.67. The Morgan fingerprint density at radius 3 is 2.39 bits per heavy atom. The highest BCUT2D eigenvalue weighted by Crippen LogP contribution is 2.16. The minimum atomic E-state index is -3.18. The molecule has 1 aromatic rings. The van der Waals surface area contributed by atoms with E-state index < -0.39 is 9.84 Å². The van der Waals surface area contributed by atoms with Gasteiger partial charge in [0, 0.05) is 32.9 Å². The van der Waals surface area contributed by atoms with Crippen LogP contribution in [0.5, 0.6) is 5.75 Å². The molecule has 8 heteroatoms. The molecule has 0 aromatic heterocycles. The van der Waals surface area contributed by atoms with Crippen molar-refractivity contribution in [3.05, 3.63) is 24.3 Å². The molecule has 23 heavy (non-hydrogen) atoms. The molecule has 1 fully saturated rings. The van der Waals surface area contributed by atoms with Gasteiger partial charge in [-0.2, -0.15) is 0 Å². The molecule has 1 aliphatic rings. The fourth-order valence-corrected chi connectivity index (χ4v) is 2.79. The van der Waals surface area contributed by atoms with Crippen LogP contribution in [0.1, 0.15) is 6.42 Å². The highest BCUT2D eigenvalue weighted by atomic mass is 35.5. The normalized spacial score (nSPS) is 14.5. The van der Waals surface area contributed by atoms with Crippen molar-refractivity contribution in [3.8, 4) is 5.75 Å². The van der Waals surface area contributed by atoms with Crippen molar-refractivity contribution in [1.82, 2.24) is 10.2 Å². The second-order valence-corrected chi connectivity index (χ2v) is 7.58. The van der Waals surface area contributed by atoms with Gasteiger partial charge in [-0.1, -0.05) is 0 Å². The molecule has 1 aromatic carbocycles. The molecule has 1 aliphatic heterocycles. The number of carbonyl (C=O) groups is 1. The number of carbonyl (C=O) groups excluding carboxylic acids is 1. The van der Waals surface area contributed by atoms with E-state index in [0.717, 1.165) is 19.5 Å². The van der Waals surface area contributed by atoms with Crippen LogP contribution < -0.4 is 10.1 Å². The van der Waals surface area contributed by atoms with Gasteiger partial charge in [0.2, 0.25) is 5.91 Å². The molecule has 1 saturated heterocycles. The van der Waals surface area contributed by atoms with Gasteiger partial charge >= 0.3 is 0 Å². The third kappa shape index (κ3) is 5.67. The fourth-order valence-electron chi connectivity index (χ4n) is 2.16. The van der Waals surface area contributed by atoms with E-state index >= 15 is 0 Å². The molecule has 0 saturated carbocycles. The van der Waals surface area contributed by atoms with Gasteiger partial charge in [0.25, 0.3) is 0 Å². The van der Waals surface area contributed by atoms with E-state index in [1.807, 2.05) is 7.05 Å². The summed E-state index contributed by atoms with van der Waals surface area (Å²) in [6, 6.07) is 6.35. The van der Waals surface area contributed by atoms with Gasteiger partial charge < -0.3 is 15.0 Å². The molecule has 0 bridgehead atoms. The van der Waals surface area contributed by atoms with Gasteiger partial charge in [0.15, 0.2) is 9.84 Å². The van der Waals surface area contributed by atoms with Crippen LogP contribution in [0.15, 0.2) is 29.2 Å². The maximum atomic E-state index is 11.9. The highest BCUT2D eigenvalue weighted by Gasteiger charge is 2.27. The van der Waals surface area contributed by atoms with E-state index in [9.17, 15) is 13.2 Å². The average Bonchev–Trinajstić information content (AvgIpc) is 2.41. The van der Waals surface area contributed by atoms with Gasteiger partial charge in [-0.05, 0) is 30.7 Å². The summed E-state index contributed by atoms with van der Waals surface area (Å²) >= 11 is 0.